The summed E-state index contributed by atoms with van der Waals surface area (Å²) in [6.45, 7) is 0.413. The van der Waals surface area contributed by atoms with Crippen LogP contribution in [0.1, 0.15) is 15.9 Å². The summed E-state index contributed by atoms with van der Waals surface area (Å²) in [5, 5.41) is 2.91. The van der Waals surface area contributed by atoms with E-state index < -0.39 is 0 Å². The molecule has 4 aromatic rings. The van der Waals surface area contributed by atoms with Crippen molar-refractivity contribution in [1.82, 2.24) is 0 Å². The number of amides is 1. The van der Waals surface area contributed by atoms with Gasteiger partial charge in [0.1, 0.15) is 18.1 Å². The number of halogens is 1. The van der Waals surface area contributed by atoms with E-state index in [0.717, 1.165) is 14.9 Å². The highest BCUT2D eigenvalue weighted by molar-refractivity contribution is 14.1. The van der Waals surface area contributed by atoms with Crippen molar-refractivity contribution >= 4 is 34.2 Å². The van der Waals surface area contributed by atoms with Gasteiger partial charge in [-0.3, -0.25) is 4.79 Å². The van der Waals surface area contributed by atoms with Crippen LogP contribution in [0.25, 0.3) is 0 Å². The van der Waals surface area contributed by atoms with E-state index >= 15 is 0 Å². The van der Waals surface area contributed by atoms with Gasteiger partial charge in [0.2, 0.25) is 0 Å². The van der Waals surface area contributed by atoms with Crippen molar-refractivity contribution in [2.45, 2.75) is 6.61 Å². The maximum absolute atomic E-state index is 12.9. The number of para-hydroxylation sites is 1. The predicted octanol–water partition coefficient (Wildman–Crippen LogP) is 6.92. The summed E-state index contributed by atoms with van der Waals surface area (Å²) in [7, 11) is 1.56. The molecule has 0 saturated carbocycles. The highest BCUT2D eigenvalue weighted by atomic mass is 127. The highest BCUT2D eigenvalue weighted by Gasteiger charge is 2.16. The molecule has 0 atom stereocenters. The summed E-state index contributed by atoms with van der Waals surface area (Å²) >= 11 is 2.16. The average Bonchev–Trinajstić information content (AvgIpc) is 2.85. The summed E-state index contributed by atoms with van der Waals surface area (Å²) in [4.78, 5) is 12.9. The third-order valence-corrected chi connectivity index (χ3v) is 5.61. The Morgan fingerprint density at radius 3 is 2.15 bits per heavy atom. The molecular formula is C27H22INO4. The fourth-order valence-electron chi connectivity index (χ4n) is 3.15. The van der Waals surface area contributed by atoms with Crippen molar-refractivity contribution in [3.8, 4) is 23.0 Å². The van der Waals surface area contributed by atoms with Crippen molar-refractivity contribution in [3.63, 3.8) is 0 Å². The molecule has 0 aliphatic rings. The largest absolute Gasteiger partial charge is 0.493 e. The topological polar surface area (TPSA) is 56.8 Å². The van der Waals surface area contributed by atoms with Crippen LogP contribution in [0.4, 0.5) is 5.69 Å². The fourth-order valence-corrected chi connectivity index (χ4v) is 3.91. The van der Waals surface area contributed by atoms with Crippen LogP contribution in [0.15, 0.2) is 97.1 Å². The molecule has 0 radical (unpaired) electrons. The standard InChI is InChI=1S/C27H22INO4/c1-31-25-17-20(16-24(28)26(25)32-18-19-8-4-2-5-9-19)27(30)29-21-12-14-23(15-13-21)33-22-10-6-3-7-11-22/h2-17H,18H2,1H3,(H,29,30). The van der Waals surface area contributed by atoms with E-state index in [-0.39, 0.29) is 5.91 Å². The molecule has 0 heterocycles. The molecule has 166 valence electrons. The van der Waals surface area contributed by atoms with Crippen LogP contribution < -0.4 is 19.5 Å². The number of hydrogen-bond acceptors (Lipinski definition) is 4. The van der Waals surface area contributed by atoms with Crippen molar-refractivity contribution in [2.24, 2.45) is 0 Å². The van der Waals surface area contributed by atoms with Gasteiger partial charge in [-0.25, -0.2) is 0 Å². The zero-order chi connectivity index (χ0) is 23.0. The molecule has 0 saturated heterocycles. The second kappa shape index (κ2) is 10.9. The Bertz CT molecular complexity index is 1210. The molecule has 0 unspecified atom stereocenters. The lowest BCUT2D eigenvalue weighted by molar-refractivity contribution is 0.102. The van der Waals surface area contributed by atoms with Crippen molar-refractivity contribution in [3.05, 3.63) is 112 Å². The second-order valence-electron chi connectivity index (χ2n) is 7.16. The van der Waals surface area contributed by atoms with Gasteiger partial charge in [0.15, 0.2) is 11.5 Å². The van der Waals surface area contributed by atoms with Crippen LogP contribution in [0.3, 0.4) is 0 Å². The number of carbonyl (C=O) groups is 1. The first kappa shape index (κ1) is 22.7. The first-order chi connectivity index (χ1) is 16.1. The molecule has 5 nitrogen and oxygen atoms in total. The summed E-state index contributed by atoms with van der Waals surface area (Å²) in [6.07, 6.45) is 0. The lowest BCUT2D eigenvalue weighted by Gasteiger charge is -2.15. The molecule has 0 fully saturated rings. The van der Waals surface area contributed by atoms with E-state index in [0.29, 0.717) is 35.1 Å². The van der Waals surface area contributed by atoms with Crippen molar-refractivity contribution in [1.29, 1.82) is 0 Å². The summed E-state index contributed by atoms with van der Waals surface area (Å²) in [5.41, 5.74) is 2.20. The number of methoxy groups -OCH3 is 1. The van der Waals surface area contributed by atoms with Crippen molar-refractivity contribution < 1.29 is 19.0 Å². The minimum atomic E-state index is -0.238. The Kier molecular flexibility index (Phi) is 7.47. The van der Waals surface area contributed by atoms with Crippen LogP contribution in [-0.4, -0.2) is 13.0 Å². The zero-order valence-corrected chi connectivity index (χ0v) is 20.1. The quantitative estimate of drug-likeness (QED) is 0.242. The number of benzene rings is 4. The first-order valence-electron chi connectivity index (χ1n) is 10.3. The molecule has 33 heavy (non-hydrogen) atoms. The predicted molar refractivity (Wildman–Crippen MR) is 137 cm³/mol. The molecule has 1 amide bonds. The number of anilines is 1. The molecule has 0 spiro atoms. The van der Waals surface area contributed by atoms with Gasteiger partial charge < -0.3 is 19.5 Å². The lowest BCUT2D eigenvalue weighted by Crippen LogP contribution is -2.13. The van der Waals surface area contributed by atoms with Crippen LogP contribution in [-0.2, 0) is 6.61 Å². The van der Waals surface area contributed by atoms with Crippen LogP contribution >= 0.6 is 22.6 Å². The lowest BCUT2D eigenvalue weighted by atomic mass is 10.1. The summed E-state index contributed by atoms with van der Waals surface area (Å²) in [5.74, 6) is 2.33. The highest BCUT2D eigenvalue weighted by Crippen LogP contribution is 2.35. The molecule has 0 aliphatic carbocycles. The Morgan fingerprint density at radius 1 is 0.848 bits per heavy atom. The van der Waals surface area contributed by atoms with Gasteiger partial charge in [-0.2, -0.15) is 0 Å². The van der Waals surface area contributed by atoms with Gasteiger partial charge in [0.25, 0.3) is 5.91 Å². The fraction of sp³-hybridized carbons (Fsp3) is 0.0741. The smallest absolute Gasteiger partial charge is 0.255 e. The molecule has 0 bridgehead atoms. The Labute approximate surface area is 206 Å². The summed E-state index contributed by atoms with van der Waals surface area (Å²) in [6, 6.07) is 30.1. The molecule has 4 rings (SSSR count). The van der Waals surface area contributed by atoms with E-state index in [1.54, 1.807) is 31.4 Å². The van der Waals surface area contributed by atoms with E-state index in [1.165, 1.54) is 0 Å². The van der Waals surface area contributed by atoms with Crippen molar-refractivity contribution in [2.75, 3.05) is 12.4 Å². The van der Waals surface area contributed by atoms with E-state index in [1.807, 2.05) is 72.8 Å². The van der Waals surface area contributed by atoms with E-state index in [9.17, 15) is 4.79 Å². The normalized spacial score (nSPS) is 10.4. The monoisotopic (exact) mass is 551 g/mol. The third-order valence-electron chi connectivity index (χ3n) is 4.81. The van der Waals surface area contributed by atoms with Gasteiger partial charge in [-0.1, -0.05) is 48.5 Å². The van der Waals surface area contributed by atoms with Crippen LogP contribution in [0.2, 0.25) is 0 Å². The summed E-state index contributed by atoms with van der Waals surface area (Å²) < 4.78 is 18.1. The molecule has 1 N–H and O–H groups in total. The minimum absolute atomic E-state index is 0.238. The molecule has 0 aromatic heterocycles. The van der Waals surface area contributed by atoms with Gasteiger partial charge >= 0.3 is 0 Å². The number of hydrogen-bond donors (Lipinski definition) is 1. The average molecular weight is 551 g/mol. The maximum atomic E-state index is 12.9. The molecular weight excluding hydrogens is 529 g/mol. The number of nitrogens with one attached hydrogen (secondary N) is 1. The van der Waals surface area contributed by atoms with Crippen LogP contribution in [0.5, 0.6) is 23.0 Å². The number of rotatable bonds is 8. The van der Waals surface area contributed by atoms with Gasteiger partial charge in [-0.15, -0.1) is 0 Å². The second-order valence-corrected chi connectivity index (χ2v) is 8.32. The zero-order valence-electron chi connectivity index (χ0n) is 18.0. The van der Waals surface area contributed by atoms with E-state index in [4.69, 9.17) is 14.2 Å². The van der Waals surface area contributed by atoms with Gasteiger partial charge in [0, 0.05) is 11.3 Å². The SMILES string of the molecule is COc1cc(C(=O)Nc2ccc(Oc3ccccc3)cc2)cc(I)c1OCc1ccccc1. The maximum Gasteiger partial charge on any atom is 0.255 e. The third kappa shape index (κ3) is 6.04. The Balaban J connectivity index is 1.43. The minimum Gasteiger partial charge on any atom is -0.493 e. The van der Waals surface area contributed by atoms with E-state index in [2.05, 4.69) is 27.9 Å². The Morgan fingerprint density at radius 2 is 1.48 bits per heavy atom. The van der Waals surface area contributed by atoms with Gasteiger partial charge in [0.05, 0.1) is 10.7 Å². The first-order valence-corrected chi connectivity index (χ1v) is 11.4. The van der Waals surface area contributed by atoms with Crippen LogP contribution in [0, 0.1) is 3.57 Å². The molecule has 0 aliphatic heterocycles. The number of ether oxygens (including phenoxy) is 3. The molecule has 4 aromatic carbocycles. The number of carbonyl (C=O) groups excluding carboxylic acids is 1. The van der Waals surface area contributed by atoms with Gasteiger partial charge in [-0.05, 0) is 76.7 Å². The molecule has 6 heteroatoms. The Hall–Kier alpha value is -3.52.